The number of aliphatic hydroxyl groups excluding tert-OH is 1. The topological polar surface area (TPSA) is 69.6 Å². The SMILES string of the molecule is O=C(O)NC(CO)C1CCCCC1. The Balaban J connectivity index is 2.39. The van der Waals surface area contributed by atoms with Crippen LogP contribution in [-0.2, 0) is 0 Å². The molecule has 0 heterocycles. The van der Waals surface area contributed by atoms with E-state index >= 15 is 0 Å². The van der Waals surface area contributed by atoms with Crippen molar-refractivity contribution >= 4 is 6.09 Å². The van der Waals surface area contributed by atoms with Crippen LogP contribution >= 0.6 is 0 Å². The number of nitrogens with one attached hydrogen (secondary N) is 1. The van der Waals surface area contributed by atoms with E-state index in [1.807, 2.05) is 0 Å². The lowest BCUT2D eigenvalue weighted by Gasteiger charge is -2.28. The summed E-state index contributed by atoms with van der Waals surface area (Å²) in [4.78, 5) is 10.4. The molecule has 13 heavy (non-hydrogen) atoms. The van der Waals surface area contributed by atoms with Gasteiger partial charge in [0.2, 0.25) is 0 Å². The van der Waals surface area contributed by atoms with E-state index in [9.17, 15) is 4.79 Å². The van der Waals surface area contributed by atoms with Crippen molar-refractivity contribution in [2.75, 3.05) is 6.61 Å². The fraction of sp³-hybridized carbons (Fsp3) is 0.889. The first-order valence-corrected chi connectivity index (χ1v) is 4.84. The average Bonchev–Trinajstić information content (AvgIpc) is 2.15. The Morgan fingerprint density at radius 2 is 2.00 bits per heavy atom. The van der Waals surface area contributed by atoms with Crippen LogP contribution in [0.15, 0.2) is 0 Å². The Morgan fingerprint density at radius 3 is 2.46 bits per heavy atom. The molecule has 0 aliphatic heterocycles. The van der Waals surface area contributed by atoms with E-state index in [0.717, 1.165) is 25.7 Å². The first kappa shape index (κ1) is 10.3. The van der Waals surface area contributed by atoms with Gasteiger partial charge in [-0.05, 0) is 18.8 Å². The van der Waals surface area contributed by atoms with Crippen LogP contribution in [0.1, 0.15) is 32.1 Å². The minimum Gasteiger partial charge on any atom is -0.465 e. The third-order valence-corrected chi connectivity index (χ3v) is 2.72. The van der Waals surface area contributed by atoms with E-state index < -0.39 is 6.09 Å². The molecule has 4 nitrogen and oxygen atoms in total. The summed E-state index contributed by atoms with van der Waals surface area (Å²) in [5.41, 5.74) is 0. The van der Waals surface area contributed by atoms with Crippen molar-refractivity contribution in [1.82, 2.24) is 5.32 Å². The van der Waals surface area contributed by atoms with Gasteiger partial charge in [-0.2, -0.15) is 0 Å². The van der Waals surface area contributed by atoms with Crippen molar-refractivity contribution in [3.05, 3.63) is 0 Å². The second kappa shape index (κ2) is 5.07. The monoisotopic (exact) mass is 187 g/mol. The molecule has 0 spiro atoms. The Labute approximate surface area is 78.0 Å². The van der Waals surface area contributed by atoms with Crippen LogP contribution in [0, 0.1) is 5.92 Å². The number of rotatable bonds is 3. The highest BCUT2D eigenvalue weighted by Gasteiger charge is 2.23. The van der Waals surface area contributed by atoms with Gasteiger partial charge in [0, 0.05) is 0 Å². The molecule has 0 aromatic rings. The number of amides is 1. The first-order chi connectivity index (χ1) is 6.24. The summed E-state index contributed by atoms with van der Waals surface area (Å²) in [6, 6.07) is -0.266. The molecule has 3 N–H and O–H groups in total. The summed E-state index contributed by atoms with van der Waals surface area (Å²) < 4.78 is 0. The zero-order chi connectivity index (χ0) is 9.68. The van der Waals surface area contributed by atoms with Crippen LogP contribution < -0.4 is 5.32 Å². The van der Waals surface area contributed by atoms with E-state index in [1.165, 1.54) is 6.42 Å². The highest BCUT2D eigenvalue weighted by Crippen LogP contribution is 2.26. The maximum atomic E-state index is 10.4. The fourth-order valence-electron chi connectivity index (χ4n) is 2.01. The van der Waals surface area contributed by atoms with E-state index in [2.05, 4.69) is 5.32 Å². The number of hydrogen-bond acceptors (Lipinski definition) is 2. The lowest BCUT2D eigenvalue weighted by molar-refractivity contribution is 0.148. The van der Waals surface area contributed by atoms with Crippen molar-refractivity contribution in [3.63, 3.8) is 0 Å². The Bertz CT molecular complexity index is 166. The Kier molecular flexibility index (Phi) is 4.02. The van der Waals surface area contributed by atoms with Crippen molar-refractivity contribution in [1.29, 1.82) is 0 Å². The number of carbonyl (C=O) groups is 1. The first-order valence-electron chi connectivity index (χ1n) is 4.84. The Hall–Kier alpha value is -0.770. The summed E-state index contributed by atoms with van der Waals surface area (Å²) in [5, 5.41) is 19.9. The summed E-state index contributed by atoms with van der Waals surface area (Å²) >= 11 is 0. The van der Waals surface area contributed by atoms with Gasteiger partial charge in [0.25, 0.3) is 0 Å². The minimum atomic E-state index is -1.04. The van der Waals surface area contributed by atoms with E-state index in [0.29, 0.717) is 5.92 Å². The molecule has 1 rings (SSSR count). The number of aliphatic hydroxyl groups is 1. The molecule has 76 valence electrons. The van der Waals surface area contributed by atoms with Crippen LogP contribution in [0.3, 0.4) is 0 Å². The van der Waals surface area contributed by atoms with Gasteiger partial charge < -0.3 is 15.5 Å². The molecular formula is C9H17NO3. The fourth-order valence-corrected chi connectivity index (χ4v) is 2.01. The quantitative estimate of drug-likeness (QED) is 0.621. The van der Waals surface area contributed by atoms with Crippen LogP contribution in [-0.4, -0.2) is 29.0 Å². The predicted octanol–water partition coefficient (Wildman–Crippen LogP) is 1.20. The summed E-state index contributed by atoms with van der Waals surface area (Å²) in [6.45, 7) is -0.0863. The number of hydrogen-bond donors (Lipinski definition) is 3. The van der Waals surface area contributed by atoms with Crippen molar-refractivity contribution in [2.24, 2.45) is 5.92 Å². The zero-order valence-electron chi connectivity index (χ0n) is 7.70. The average molecular weight is 187 g/mol. The standard InChI is InChI=1S/C9H17NO3/c11-6-8(10-9(12)13)7-4-2-1-3-5-7/h7-8,10-11H,1-6H2,(H,12,13). The van der Waals surface area contributed by atoms with Gasteiger partial charge in [-0.25, -0.2) is 4.79 Å². The molecule has 4 heteroatoms. The molecule has 0 saturated heterocycles. The molecular weight excluding hydrogens is 170 g/mol. The van der Waals surface area contributed by atoms with E-state index in [-0.39, 0.29) is 12.6 Å². The highest BCUT2D eigenvalue weighted by molar-refractivity contribution is 5.64. The maximum absolute atomic E-state index is 10.4. The summed E-state index contributed by atoms with van der Waals surface area (Å²) in [5.74, 6) is 0.329. The predicted molar refractivity (Wildman–Crippen MR) is 48.6 cm³/mol. The van der Waals surface area contributed by atoms with Crippen LogP contribution in [0.25, 0.3) is 0 Å². The largest absolute Gasteiger partial charge is 0.465 e. The van der Waals surface area contributed by atoms with Gasteiger partial charge in [0.15, 0.2) is 0 Å². The molecule has 1 amide bonds. The molecule has 1 fully saturated rings. The molecule has 1 aliphatic carbocycles. The molecule has 0 bridgehead atoms. The van der Waals surface area contributed by atoms with Crippen LogP contribution in [0.5, 0.6) is 0 Å². The smallest absolute Gasteiger partial charge is 0.404 e. The lowest BCUT2D eigenvalue weighted by atomic mass is 9.84. The van der Waals surface area contributed by atoms with Gasteiger partial charge in [-0.15, -0.1) is 0 Å². The number of carboxylic acid groups (broad SMARTS) is 1. The molecule has 0 aromatic carbocycles. The van der Waals surface area contributed by atoms with Gasteiger partial charge in [-0.3, -0.25) is 0 Å². The normalized spacial score (nSPS) is 21.0. The summed E-state index contributed by atoms with van der Waals surface area (Å²) in [7, 11) is 0. The molecule has 1 unspecified atom stereocenters. The third kappa shape index (κ3) is 3.22. The molecule has 0 aromatic heterocycles. The minimum absolute atomic E-state index is 0.0863. The second-order valence-electron chi connectivity index (χ2n) is 3.64. The van der Waals surface area contributed by atoms with Crippen molar-refractivity contribution in [2.45, 2.75) is 38.1 Å². The van der Waals surface area contributed by atoms with Crippen molar-refractivity contribution < 1.29 is 15.0 Å². The molecule has 1 aliphatic rings. The van der Waals surface area contributed by atoms with Crippen LogP contribution in [0.4, 0.5) is 4.79 Å². The highest BCUT2D eigenvalue weighted by atomic mass is 16.4. The molecule has 1 saturated carbocycles. The van der Waals surface area contributed by atoms with Crippen LogP contribution in [0.2, 0.25) is 0 Å². The summed E-state index contributed by atoms with van der Waals surface area (Å²) in [6.07, 6.45) is 4.58. The van der Waals surface area contributed by atoms with Gasteiger partial charge in [-0.1, -0.05) is 19.3 Å². The lowest BCUT2D eigenvalue weighted by Crippen LogP contribution is -2.42. The van der Waals surface area contributed by atoms with Gasteiger partial charge in [0.05, 0.1) is 12.6 Å². The second-order valence-corrected chi connectivity index (χ2v) is 3.64. The van der Waals surface area contributed by atoms with Gasteiger partial charge >= 0.3 is 6.09 Å². The Morgan fingerprint density at radius 1 is 1.38 bits per heavy atom. The van der Waals surface area contributed by atoms with E-state index in [1.54, 1.807) is 0 Å². The van der Waals surface area contributed by atoms with Crippen molar-refractivity contribution in [3.8, 4) is 0 Å². The maximum Gasteiger partial charge on any atom is 0.404 e. The zero-order valence-corrected chi connectivity index (χ0v) is 7.70. The van der Waals surface area contributed by atoms with E-state index in [4.69, 9.17) is 10.2 Å². The van der Waals surface area contributed by atoms with Gasteiger partial charge in [0.1, 0.15) is 0 Å². The third-order valence-electron chi connectivity index (χ3n) is 2.72. The molecule has 1 atom stereocenters. The molecule has 0 radical (unpaired) electrons.